The van der Waals surface area contributed by atoms with E-state index in [9.17, 15) is 20.4 Å². The molecular weight excluding hydrogens is 384 g/mol. The SMILES string of the molecule is CCc1[nH]nc(O[C@@H]2O[C@H](CO)[C@@H](O)[C@H](O)[C@H]2O)c1Cc1ccc(SC)cc1. The minimum Gasteiger partial charge on any atom is -0.443 e. The van der Waals surface area contributed by atoms with Crippen molar-refractivity contribution in [3.63, 3.8) is 0 Å². The number of aliphatic hydroxyl groups excluding tert-OH is 4. The number of ether oxygens (including phenoxy) is 2. The van der Waals surface area contributed by atoms with Crippen LogP contribution < -0.4 is 4.74 Å². The number of rotatable bonds is 7. The number of nitrogens with one attached hydrogen (secondary N) is 1. The standard InChI is InChI=1S/C19H26N2O6S/c1-3-13-12(8-10-4-6-11(28-2)7-5-10)18(21-20-13)27-19-17(25)16(24)15(23)14(9-22)26-19/h4-7,14-17,19,22-25H,3,8-9H2,1-2H3,(H,20,21)/t14-,15-,16+,17-,19+/m1/s1. The van der Waals surface area contributed by atoms with Gasteiger partial charge in [0.05, 0.1) is 6.61 Å². The van der Waals surface area contributed by atoms with Crippen molar-refractivity contribution in [2.75, 3.05) is 12.9 Å². The summed E-state index contributed by atoms with van der Waals surface area (Å²) in [5.41, 5.74) is 2.80. The Labute approximate surface area is 167 Å². The predicted octanol–water partition coefficient (Wildman–Crippen LogP) is 0.463. The molecule has 28 heavy (non-hydrogen) atoms. The molecule has 0 saturated carbocycles. The first-order valence-electron chi connectivity index (χ1n) is 9.14. The van der Waals surface area contributed by atoms with Gasteiger partial charge >= 0.3 is 0 Å². The van der Waals surface area contributed by atoms with Gasteiger partial charge in [0.15, 0.2) is 0 Å². The van der Waals surface area contributed by atoms with Crippen LogP contribution in [0, 0.1) is 0 Å². The zero-order chi connectivity index (χ0) is 20.3. The van der Waals surface area contributed by atoms with Crippen molar-refractivity contribution in [2.45, 2.75) is 55.4 Å². The van der Waals surface area contributed by atoms with Crippen LogP contribution in [0.25, 0.3) is 0 Å². The van der Waals surface area contributed by atoms with Crippen LogP contribution in [0.1, 0.15) is 23.7 Å². The summed E-state index contributed by atoms with van der Waals surface area (Å²) in [6.45, 7) is 1.48. The van der Waals surface area contributed by atoms with Crippen LogP contribution in [0.15, 0.2) is 29.2 Å². The Morgan fingerprint density at radius 3 is 2.46 bits per heavy atom. The summed E-state index contributed by atoms with van der Waals surface area (Å²) in [6.07, 6.45) is -3.40. The first-order chi connectivity index (χ1) is 13.5. The predicted molar refractivity (Wildman–Crippen MR) is 103 cm³/mol. The Morgan fingerprint density at radius 2 is 1.86 bits per heavy atom. The maximum atomic E-state index is 10.2. The van der Waals surface area contributed by atoms with Gasteiger partial charge in [-0.05, 0) is 30.4 Å². The molecule has 1 saturated heterocycles. The fraction of sp³-hybridized carbons (Fsp3) is 0.526. The molecule has 1 aromatic carbocycles. The van der Waals surface area contributed by atoms with E-state index in [2.05, 4.69) is 10.2 Å². The third-order valence-electron chi connectivity index (χ3n) is 4.88. The van der Waals surface area contributed by atoms with E-state index in [0.29, 0.717) is 12.8 Å². The molecule has 3 rings (SSSR count). The monoisotopic (exact) mass is 410 g/mol. The highest BCUT2D eigenvalue weighted by atomic mass is 32.2. The quantitative estimate of drug-likeness (QED) is 0.417. The van der Waals surface area contributed by atoms with Crippen molar-refractivity contribution in [3.8, 4) is 5.88 Å². The van der Waals surface area contributed by atoms with E-state index in [1.807, 2.05) is 37.4 Å². The maximum absolute atomic E-state index is 10.2. The third-order valence-corrected chi connectivity index (χ3v) is 5.63. The number of hydrogen-bond acceptors (Lipinski definition) is 8. The number of benzene rings is 1. The molecule has 5 N–H and O–H groups in total. The number of aromatic nitrogens is 2. The molecule has 2 heterocycles. The molecular formula is C19H26N2O6S. The van der Waals surface area contributed by atoms with Gasteiger partial charge in [-0.1, -0.05) is 19.1 Å². The van der Waals surface area contributed by atoms with Crippen LogP contribution in [-0.2, 0) is 17.6 Å². The van der Waals surface area contributed by atoms with E-state index in [1.165, 1.54) is 4.90 Å². The number of aliphatic hydroxyl groups is 4. The van der Waals surface area contributed by atoms with Crippen molar-refractivity contribution < 1.29 is 29.9 Å². The van der Waals surface area contributed by atoms with Crippen molar-refractivity contribution in [3.05, 3.63) is 41.1 Å². The number of hydrogen-bond donors (Lipinski definition) is 5. The van der Waals surface area contributed by atoms with E-state index >= 15 is 0 Å². The molecule has 0 radical (unpaired) electrons. The molecule has 154 valence electrons. The number of thioether (sulfide) groups is 1. The van der Waals surface area contributed by atoms with Crippen LogP contribution in [0.3, 0.4) is 0 Å². The van der Waals surface area contributed by atoms with Crippen molar-refractivity contribution >= 4 is 11.8 Å². The lowest BCUT2D eigenvalue weighted by molar-refractivity contribution is -0.278. The van der Waals surface area contributed by atoms with Gasteiger partial charge in [-0.3, -0.25) is 5.10 Å². The molecule has 0 unspecified atom stereocenters. The van der Waals surface area contributed by atoms with Crippen LogP contribution in [-0.4, -0.2) is 74.2 Å². The summed E-state index contributed by atoms with van der Waals surface area (Å²) in [6, 6.07) is 8.17. The van der Waals surface area contributed by atoms with Crippen molar-refractivity contribution in [1.82, 2.24) is 10.2 Å². The molecule has 9 heteroatoms. The van der Waals surface area contributed by atoms with Gasteiger partial charge in [0, 0.05) is 22.6 Å². The Hall–Kier alpha value is -1.62. The summed E-state index contributed by atoms with van der Waals surface area (Å²) < 4.78 is 11.2. The Kier molecular flexibility index (Phi) is 6.97. The topological polar surface area (TPSA) is 128 Å². The second-order valence-corrected chi connectivity index (χ2v) is 7.56. The molecule has 5 atom stereocenters. The van der Waals surface area contributed by atoms with Crippen LogP contribution in [0.4, 0.5) is 0 Å². The lowest BCUT2D eigenvalue weighted by Gasteiger charge is -2.39. The second kappa shape index (κ2) is 9.25. The molecule has 0 bridgehead atoms. The Balaban J connectivity index is 1.81. The van der Waals surface area contributed by atoms with E-state index in [1.54, 1.807) is 11.8 Å². The highest BCUT2D eigenvalue weighted by molar-refractivity contribution is 7.98. The van der Waals surface area contributed by atoms with Crippen LogP contribution in [0.5, 0.6) is 5.88 Å². The zero-order valence-corrected chi connectivity index (χ0v) is 16.6. The largest absolute Gasteiger partial charge is 0.443 e. The van der Waals surface area contributed by atoms with Gasteiger partial charge in [0.2, 0.25) is 12.2 Å². The summed E-state index contributed by atoms with van der Waals surface area (Å²) in [5, 5.41) is 46.5. The minimum atomic E-state index is -1.50. The molecule has 0 amide bonds. The summed E-state index contributed by atoms with van der Waals surface area (Å²) in [4.78, 5) is 1.17. The first-order valence-corrected chi connectivity index (χ1v) is 10.4. The van der Waals surface area contributed by atoms with Gasteiger partial charge < -0.3 is 29.9 Å². The van der Waals surface area contributed by atoms with E-state index in [-0.39, 0.29) is 5.88 Å². The molecule has 1 aliphatic heterocycles. The Morgan fingerprint density at radius 1 is 1.14 bits per heavy atom. The molecule has 1 aliphatic rings. The smallest absolute Gasteiger partial charge is 0.238 e. The van der Waals surface area contributed by atoms with Crippen LogP contribution in [0.2, 0.25) is 0 Å². The zero-order valence-electron chi connectivity index (χ0n) is 15.8. The van der Waals surface area contributed by atoms with Crippen molar-refractivity contribution in [1.29, 1.82) is 0 Å². The highest BCUT2D eigenvalue weighted by Crippen LogP contribution is 2.29. The number of aromatic amines is 1. The summed E-state index contributed by atoms with van der Waals surface area (Å²) in [5.74, 6) is 0.259. The molecule has 0 aliphatic carbocycles. The number of aryl methyl sites for hydroxylation is 1. The lowest BCUT2D eigenvalue weighted by atomic mass is 9.99. The van der Waals surface area contributed by atoms with Crippen molar-refractivity contribution in [2.24, 2.45) is 0 Å². The van der Waals surface area contributed by atoms with Gasteiger partial charge in [-0.15, -0.1) is 16.9 Å². The Bertz CT molecular complexity index is 766. The first kappa shape index (κ1) is 21.1. The molecule has 1 aromatic heterocycles. The average molecular weight is 410 g/mol. The number of nitrogens with zero attached hydrogens (tertiary/aromatic N) is 1. The second-order valence-electron chi connectivity index (χ2n) is 6.68. The van der Waals surface area contributed by atoms with E-state index in [0.717, 1.165) is 16.8 Å². The normalized spacial score (nSPS) is 27.7. The van der Waals surface area contributed by atoms with Gasteiger partial charge in [0.1, 0.15) is 24.4 Å². The molecule has 8 nitrogen and oxygen atoms in total. The van der Waals surface area contributed by atoms with E-state index < -0.39 is 37.3 Å². The van der Waals surface area contributed by atoms with Gasteiger partial charge in [-0.25, -0.2) is 0 Å². The summed E-state index contributed by atoms with van der Waals surface area (Å²) >= 11 is 1.67. The lowest BCUT2D eigenvalue weighted by Crippen LogP contribution is -2.60. The average Bonchev–Trinajstić information content (AvgIpc) is 3.10. The fourth-order valence-corrected chi connectivity index (χ4v) is 3.59. The highest BCUT2D eigenvalue weighted by Gasteiger charge is 2.45. The van der Waals surface area contributed by atoms with Gasteiger partial charge in [0.25, 0.3) is 0 Å². The molecule has 0 spiro atoms. The fourth-order valence-electron chi connectivity index (χ4n) is 3.18. The summed E-state index contributed by atoms with van der Waals surface area (Å²) in [7, 11) is 0. The number of H-pyrrole nitrogens is 1. The third kappa shape index (κ3) is 4.35. The minimum absolute atomic E-state index is 0.259. The molecule has 1 fully saturated rings. The maximum Gasteiger partial charge on any atom is 0.238 e. The van der Waals surface area contributed by atoms with Gasteiger partial charge in [-0.2, -0.15) is 0 Å². The molecule has 2 aromatic rings. The van der Waals surface area contributed by atoms with Crippen LogP contribution >= 0.6 is 11.8 Å². The van der Waals surface area contributed by atoms with E-state index in [4.69, 9.17) is 9.47 Å².